The lowest BCUT2D eigenvalue weighted by Gasteiger charge is -2.32. The number of aromatic nitrogens is 2. The number of rotatable bonds is 2. The van der Waals surface area contributed by atoms with E-state index >= 15 is 0 Å². The van der Waals surface area contributed by atoms with E-state index in [1.54, 1.807) is 9.58 Å². The third-order valence-electron chi connectivity index (χ3n) is 2.46. The van der Waals surface area contributed by atoms with Gasteiger partial charge in [0, 0.05) is 26.3 Å². The van der Waals surface area contributed by atoms with Gasteiger partial charge in [-0.05, 0) is 12.5 Å². The number of nitrogens with zero attached hydrogens (tertiary/aromatic N) is 4. The normalized spacial score (nSPS) is 17.3. The van der Waals surface area contributed by atoms with Gasteiger partial charge in [0.2, 0.25) is 0 Å². The molecule has 0 aromatic carbocycles. The van der Waals surface area contributed by atoms with Crippen LogP contribution in [-0.4, -0.2) is 38.8 Å². The predicted molar refractivity (Wildman–Crippen MR) is 54.5 cm³/mol. The number of hydrogen-bond donors (Lipinski definition) is 1. The molecule has 1 aromatic rings. The number of aryl methyl sites for hydroxylation is 1. The van der Waals surface area contributed by atoms with Gasteiger partial charge in [-0.2, -0.15) is 5.10 Å². The molecule has 2 N–H and O–H groups in total. The van der Waals surface area contributed by atoms with Crippen LogP contribution < -0.4 is 5.84 Å². The van der Waals surface area contributed by atoms with Crippen molar-refractivity contribution in [1.82, 2.24) is 19.7 Å². The SMILES string of the molecule is Cn1ccc(CN2CCCN(N)C2=O)n1. The molecule has 1 aliphatic heterocycles. The lowest BCUT2D eigenvalue weighted by molar-refractivity contribution is 0.126. The minimum absolute atomic E-state index is 0.119. The number of urea groups is 1. The van der Waals surface area contributed by atoms with Gasteiger partial charge in [-0.25, -0.2) is 10.6 Å². The molecule has 1 aliphatic rings. The van der Waals surface area contributed by atoms with Crippen molar-refractivity contribution in [2.24, 2.45) is 12.9 Å². The summed E-state index contributed by atoms with van der Waals surface area (Å²) in [6.07, 6.45) is 2.78. The molecule has 1 saturated heterocycles. The maximum Gasteiger partial charge on any atom is 0.334 e. The van der Waals surface area contributed by atoms with Crippen molar-refractivity contribution >= 4 is 6.03 Å². The van der Waals surface area contributed by atoms with Crippen molar-refractivity contribution in [2.75, 3.05) is 13.1 Å². The molecule has 1 fully saturated rings. The largest absolute Gasteiger partial charge is 0.334 e. The van der Waals surface area contributed by atoms with Crippen molar-refractivity contribution in [1.29, 1.82) is 0 Å². The standard InChI is InChI=1S/C9H15N5O/c1-12-6-3-8(11-12)7-13-4-2-5-14(10)9(13)15/h3,6H,2,4-5,7,10H2,1H3. The van der Waals surface area contributed by atoms with E-state index < -0.39 is 0 Å². The van der Waals surface area contributed by atoms with Gasteiger partial charge in [0.05, 0.1) is 12.2 Å². The predicted octanol–water partition coefficient (Wildman–Crippen LogP) is -0.0785. The average molecular weight is 209 g/mol. The number of carbonyl (C=O) groups is 1. The van der Waals surface area contributed by atoms with Gasteiger partial charge in [0.25, 0.3) is 0 Å². The van der Waals surface area contributed by atoms with E-state index in [-0.39, 0.29) is 6.03 Å². The molecule has 15 heavy (non-hydrogen) atoms. The summed E-state index contributed by atoms with van der Waals surface area (Å²) in [6.45, 7) is 1.92. The zero-order valence-electron chi connectivity index (χ0n) is 8.76. The molecule has 0 bridgehead atoms. The van der Waals surface area contributed by atoms with Crippen molar-refractivity contribution in [3.63, 3.8) is 0 Å². The molecular formula is C9H15N5O. The fraction of sp³-hybridized carbons (Fsp3) is 0.556. The molecule has 6 nitrogen and oxygen atoms in total. The van der Waals surface area contributed by atoms with Crippen LogP contribution in [0.4, 0.5) is 4.79 Å². The average Bonchev–Trinajstić information content (AvgIpc) is 2.59. The molecule has 82 valence electrons. The number of hydrogen-bond acceptors (Lipinski definition) is 3. The van der Waals surface area contributed by atoms with Crippen LogP contribution in [0, 0.1) is 0 Å². The van der Waals surface area contributed by atoms with Crippen molar-refractivity contribution in [2.45, 2.75) is 13.0 Å². The van der Waals surface area contributed by atoms with E-state index in [0.717, 1.165) is 18.7 Å². The summed E-state index contributed by atoms with van der Waals surface area (Å²) in [6, 6.07) is 1.79. The zero-order valence-corrected chi connectivity index (χ0v) is 8.76. The number of carbonyl (C=O) groups excluding carboxylic acids is 1. The Morgan fingerprint density at radius 1 is 1.53 bits per heavy atom. The lowest BCUT2D eigenvalue weighted by atomic mass is 10.3. The number of amides is 2. The fourth-order valence-corrected chi connectivity index (χ4v) is 1.69. The Labute approximate surface area is 88.2 Å². The molecule has 0 unspecified atom stereocenters. The highest BCUT2D eigenvalue weighted by molar-refractivity contribution is 5.74. The maximum absolute atomic E-state index is 11.6. The number of hydrazine groups is 1. The molecule has 2 rings (SSSR count). The first-order valence-corrected chi connectivity index (χ1v) is 4.96. The van der Waals surface area contributed by atoms with Crippen LogP contribution in [0.3, 0.4) is 0 Å². The minimum Gasteiger partial charge on any atom is -0.318 e. The molecule has 2 amide bonds. The molecule has 0 radical (unpaired) electrons. The second kappa shape index (κ2) is 3.90. The summed E-state index contributed by atoms with van der Waals surface area (Å²) in [5, 5.41) is 5.48. The Morgan fingerprint density at radius 3 is 3.00 bits per heavy atom. The molecule has 1 aromatic heterocycles. The first kappa shape index (κ1) is 9.97. The maximum atomic E-state index is 11.6. The van der Waals surface area contributed by atoms with E-state index in [2.05, 4.69) is 5.10 Å². The smallest absolute Gasteiger partial charge is 0.318 e. The van der Waals surface area contributed by atoms with E-state index in [9.17, 15) is 4.79 Å². The first-order chi connectivity index (χ1) is 7.16. The molecule has 0 aliphatic carbocycles. The molecule has 0 spiro atoms. The molecule has 0 saturated carbocycles. The van der Waals surface area contributed by atoms with Crippen molar-refractivity contribution in [3.05, 3.63) is 18.0 Å². The summed E-state index contributed by atoms with van der Waals surface area (Å²) in [7, 11) is 1.86. The van der Waals surface area contributed by atoms with Gasteiger partial charge in [0.15, 0.2) is 0 Å². The minimum atomic E-state index is -0.119. The quantitative estimate of drug-likeness (QED) is 0.547. The third kappa shape index (κ3) is 2.10. The van der Waals surface area contributed by atoms with Gasteiger partial charge in [-0.3, -0.25) is 9.69 Å². The van der Waals surface area contributed by atoms with Gasteiger partial charge in [-0.1, -0.05) is 0 Å². The van der Waals surface area contributed by atoms with E-state index in [1.807, 2.05) is 19.3 Å². The Balaban J connectivity index is 2.02. The van der Waals surface area contributed by atoms with E-state index in [4.69, 9.17) is 5.84 Å². The van der Waals surface area contributed by atoms with Crippen molar-refractivity contribution < 1.29 is 4.79 Å². The van der Waals surface area contributed by atoms with Gasteiger partial charge < -0.3 is 4.90 Å². The highest BCUT2D eigenvalue weighted by atomic mass is 16.2. The summed E-state index contributed by atoms with van der Waals surface area (Å²) in [5.41, 5.74) is 0.890. The fourth-order valence-electron chi connectivity index (χ4n) is 1.69. The number of nitrogens with two attached hydrogens (primary N) is 1. The van der Waals surface area contributed by atoms with Crippen LogP contribution in [-0.2, 0) is 13.6 Å². The van der Waals surface area contributed by atoms with E-state index in [1.165, 1.54) is 5.01 Å². The van der Waals surface area contributed by atoms with Crippen molar-refractivity contribution in [3.8, 4) is 0 Å². The van der Waals surface area contributed by atoms with Crippen LogP contribution in [0.1, 0.15) is 12.1 Å². The Morgan fingerprint density at radius 2 is 2.33 bits per heavy atom. The summed E-state index contributed by atoms with van der Waals surface area (Å²) in [5.74, 6) is 5.54. The summed E-state index contributed by atoms with van der Waals surface area (Å²) >= 11 is 0. The topological polar surface area (TPSA) is 67.4 Å². The highest BCUT2D eigenvalue weighted by Gasteiger charge is 2.23. The zero-order chi connectivity index (χ0) is 10.8. The van der Waals surface area contributed by atoms with Gasteiger partial charge >= 0.3 is 6.03 Å². The molecule has 0 atom stereocenters. The third-order valence-corrected chi connectivity index (χ3v) is 2.46. The molecule has 6 heteroatoms. The second-order valence-corrected chi connectivity index (χ2v) is 3.73. The lowest BCUT2D eigenvalue weighted by Crippen LogP contribution is -2.52. The Hall–Kier alpha value is -1.56. The van der Waals surface area contributed by atoms with E-state index in [0.29, 0.717) is 13.1 Å². The Kier molecular flexibility index (Phi) is 2.59. The highest BCUT2D eigenvalue weighted by Crippen LogP contribution is 2.09. The second-order valence-electron chi connectivity index (χ2n) is 3.73. The summed E-state index contributed by atoms with van der Waals surface area (Å²) < 4.78 is 1.73. The molecular weight excluding hydrogens is 194 g/mol. The van der Waals surface area contributed by atoms with Gasteiger partial charge in [0.1, 0.15) is 0 Å². The van der Waals surface area contributed by atoms with Crippen LogP contribution in [0.5, 0.6) is 0 Å². The van der Waals surface area contributed by atoms with Crippen LogP contribution in [0.2, 0.25) is 0 Å². The van der Waals surface area contributed by atoms with Crippen LogP contribution >= 0.6 is 0 Å². The summed E-state index contributed by atoms with van der Waals surface area (Å²) in [4.78, 5) is 13.3. The van der Waals surface area contributed by atoms with Crippen LogP contribution in [0.15, 0.2) is 12.3 Å². The van der Waals surface area contributed by atoms with Crippen LogP contribution in [0.25, 0.3) is 0 Å². The monoisotopic (exact) mass is 209 g/mol. The first-order valence-electron chi connectivity index (χ1n) is 4.96. The molecule has 2 heterocycles. The Bertz CT molecular complexity index is 361. The van der Waals surface area contributed by atoms with Gasteiger partial charge in [-0.15, -0.1) is 0 Å².